The van der Waals surface area contributed by atoms with Gasteiger partial charge in [-0.25, -0.2) is 0 Å². The van der Waals surface area contributed by atoms with Crippen LogP contribution in [-0.2, 0) is 0 Å². The van der Waals surface area contributed by atoms with Crippen LogP contribution in [0.1, 0.15) is 28.3 Å². The molecule has 0 aliphatic carbocycles. The number of hydrogen-bond acceptors (Lipinski definition) is 2. The first-order chi connectivity index (χ1) is 9.02. The minimum absolute atomic E-state index is 0.179. The molecule has 0 spiro atoms. The Labute approximate surface area is 122 Å². The molecule has 0 bridgehead atoms. The van der Waals surface area contributed by atoms with Crippen molar-refractivity contribution in [2.45, 2.75) is 19.9 Å². The lowest BCUT2D eigenvalue weighted by atomic mass is 9.96. The maximum atomic E-state index is 6.39. The van der Waals surface area contributed by atoms with Crippen molar-refractivity contribution in [3.63, 3.8) is 0 Å². The van der Waals surface area contributed by atoms with Gasteiger partial charge in [0.2, 0.25) is 0 Å². The Bertz CT molecular complexity index is 595. The molecule has 0 aliphatic heterocycles. The number of ether oxygens (including phenoxy) is 1. The zero-order valence-electron chi connectivity index (χ0n) is 11.4. The fourth-order valence-electron chi connectivity index (χ4n) is 2.14. The topological polar surface area (TPSA) is 35.2 Å². The van der Waals surface area contributed by atoms with E-state index in [1.54, 1.807) is 7.11 Å². The number of halogens is 1. The van der Waals surface area contributed by atoms with E-state index in [-0.39, 0.29) is 6.04 Å². The van der Waals surface area contributed by atoms with Gasteiger partial charge >= 0.3 is 0 Å². The van der Waals surface area contributed by atoms with Crippen molar-refractivity contribution < 1.29 is 4.74 Å². The van der Waals surface area contributed by atoms with Gasteiger partial charge in [-0.3, -0.25) is 0 Å². The second-order valence-electron chi connectivity index (χ2n) is 4.73. The molecule has 3 heteroatoms. The summed E-state index contributed by atoms with van der Waals surface area (Å²) in [4.78, 5) is 0. The maximum Gasteiger partial charge on any atom is 0.123 e. The molecule has 2 nitrogen and oxygen atoms in total. The Morgan fingerprint density at radius 3 is 2.47 bits per heavy atom. The lowest BCUT2D eigenvalue weighted by molar-refractivity contribution is 0.407. The second kappa shape index (κ2) is 5.76. The van der Waals surface area contributed by atoms with Crippen LogP contribution >= 0.6 is 15.9 Å². The fourth-order valence-corrected chi connectivity index (χ4v) is 2.38. The summed E-state index contributed by atoms with van der Waals surface area (Å²) in [5.41, 5.74) is 10.9. The van der Waals surface area contributed by atoms with Gasteiger partial charge < -0.3 is 10.5 Å². The van der Waals surface area contributed by atoms with E-state index < -0.39 is 0 Å². The zero-order valence-corrected chi connectivity index (χ0v) is 13.0. The molecule has 19 heavy (non-hydrogen) atoms. The normalized spacial score (nSPS) is 12.3. The molecule has 0 saturated heterocycles. The number of nitrogens with two attached hydrogens (primary N) is 1. The monoisotopic (exact) mass is 319 g/mol. The Hall–Kier alpha value is -1.32. The van der Waals surface area contributed by atoms with Crippen molar-refractivity contribution in [3.05, 3.63) is 63.1 Å². The number of rotatable bonds is 3. The molecule has 0 amide bonds. The van der Waals surface area contributed by atoms with Gasteiger partial charge in [0.05, 0.1) is 13.2 Å². The zero-order chi connectivity index (χ0) is 14.0. The number of methoxy groups -OCH3 is 1. The minimum atomic E-state index is -0.179. The van der Waals surface area contributed by atoms with Crippen LogP contribution in [0.5, 0.6) is 5.75 Å². The molecule has 0 aromatic heterocycles. The SMILES string of the molecule is COc1ccc(C)cc1C(N)c1ccc(Br)c(C)c1. The second-order valence-corrected chi connectivity index (χ2v) is 5.59. The highest BCUT2D eigenvalue weighted by atomic mass is 79.9. The lowest BCUT2D eigenvalue weighted by Crippen LogP contribution is -2.13. The Morgan fingerprint density at radius 2 is 1.84 bits per heavy atom. The molecule has 0 radical (unpaired) electrons. The third-order valence-corrected chi connectivity index (χ3v) is 4.15. The summed E-state index contributed by atoms with van der Waals surface area (Å²) in [5, 5.41) is 0. The average Bonchev–Trinajstić information content (AvgIpc) is 2.41. The van der Waals surface area contributed by atoms with Crippen LogP contribution in [-0.4, -0.2) is 7.11 Å². The molecule has 1 atom stereocenters. The van der Waals surface area contributed by atoms with Crippen LogP contribution < -0.4 is 10.5 Å². The molecule has 0 aliphatic rings. The van der Waals surface area contributed by atoms with Gasteiger partial charge in [-0.2, -0.15) is 0 Å². The standard InChI is InChI=1S/C16H18BrNO/c1-10-4-7-15(19-3)13(8-10)16(18)12-5-6-14(17)11(2)9-12/h4-9,16H,18H2,1-3H3. The number of benzene rings is 2. The smallest absolute Gasteiger partial charge is 0.123 e. The molecule has 2 N–H and O–H groups in total. The summed E-state index contributed by atoms with van der Waals surface area (Å²) in [6, 6.07) is 12.1. The number of aryl methyl sites for hydroxylation is 2. The van der Waals surface area contributed by atoms with Crippen molar-refractivity contribution in [3.8, 4) is 5.75 Å². The van der Waals surface area contributed by atoms with E-state index in [4.69, 9.17) is 10.5 Å². The van der Waals surface area contributed by atoms with Gasteiger partial charge in [-0.1, -0.05) is 45.8 Å². The summed E-state index contributed by atoms with van der Waals surface area (Å²) in [6.07, 6.45) is 0. The average molecular weight is 320 g/mol. The van der Waals surface area contributed by atoms with Crippen molar-refractivity contribution in [1.82, 2.24) is 0 Å². The molecule has 2 aromatic rings. The van der Waals surface area contributed by atoms with Crippen molar-refractivity contribution in [1.29, 1.82) is 0 Å². The van der Waals surface area contributed by atoms with E-state index in [1.165, 1.54) is 11.1 Å². The molecule has 0 fully saturated rings. The molecular weight excluding hydrogens is 302 g/mol. The van der Waals surface area contributed by atoms with Gasteiger partial charge in [0.1, 0.15) is 5.75 Å². The maximum absolute atomic E-state index is 6.39. The van der Waals surface area contributed by atoms with E-state index in [9.17, 15) is 0 Å². The summed E-state index contributed by atoms with van der Waals surface area (Å²) in [7, 11) is 1.67. The molecule has 100 valence electrons. The molecule has 0 heterocycles. The number of hydrogen-bond donors (Lipinski definition) is 1. The third-order valence-electron chi connectivity index (χ3n) is 3.26. The summed E-state index contributed by atoms with van der Waals surface area (Å²) in [5.74, 6) is 0.832. The first-order valence-electron chi connectivity index (χ1n) is 6.19. The quantitative estimate of drug-likeness (QED) is 0.923. The summed E-state index contributed by atoms with van der Waals surface area (Å²) < 4.78 is 6.50. The lowest BCUT2D eigenvalue weighted by Gasteiger charge is -2.17. The van der Waals surface area contributed by atoms with Gasteiger partial charge in [0, 0.05) is 10.0 Å². The van der Waals surface area contributed by atoms with Crippen molar-refractivity contribution >= 4 is 15.9 Å². The Balaban J connectivity index is 2.45. The first kappa shape index (κ1) is 14.1. The van der Waals surface area contributed by atoms with E-state index in [2.05, 4.69) is 41.9 Å². The largest absolute Gasteiger partial charge is 0.496 e. The summed E-state index contributed by atoms with van der Waals surface area (Å²) in [6.45, 7) is 4.12. The van der Waals surface area contributed by atoms with Crippen LogP contribution in [0.2, 0.25) is 0 Å². The molecule has 2 rings (SSSR count). The minimum Gasteiger partial charge on any atom is -0.496 e. The van der Waals surface area contributed by atoms with Crippen molar-refractivity contribution in [2.24, 2.45) is 5.73 Å². The predicted octanol–water partition coefficient (Wildman–Crippen LogP) is 4.12. The Morgan fingerprint density at radius 1 is 1.11 bits per heavy atom. The highest BCUT2D eigenvalue weighted by Gasteiger charge is 2.14. The van der Waals surface area contributed by atoms with Crippen LogP contribution in [0.15, 0.2) is 40.9 Å². The van der Waals surface area contributed by atoms with E-state index in [1.807, 2.05) is 24.3 Å². The van der Waals surface area contributed by atoms with Crippen molar-refractivity contribution in [2.75, 3.05) is 7.11 Å². The molecule has 0 saturated carbocycles. The van der Waals surface area contributed by atoms with E-state index in [0.29, 0.717) is 0 Å². The van der Waals surface area contributed by atoms with Gasteiger partial charge in [-0.05, 0) is 37.1 Å². The first-order valence-corrected chi connectivity index (χ1v) is 6.98. The summed E-state index contributed by atoms with van der Waals surface area (Å²) >= 11 is 3.51. The van der Waals surface area contributed by atoms with E-state index >= 15 is 0 Å². The Kier molecular flexibility index (Phi) is 4.27. The van der Waals surface area contributed by atoms with Crippen LogP contribution in [0.25, 0.3) is 0 Å². The molecule has 2 aromatic carbocycles. The van der Waals surface area contributed by atoms with Crippen LogP contribution in [0, 0.1) is 13.8 Å². The van der Waals surface area contributed by atoms with Crippen LogP contribution in [0.4, 0.5) is 0 Å². The highest BCUT2D eigenvalue weighted by Crippen LogP contribution is 2.30. The van der Waals surface area contributed by atoms with Crippen LogP contribution in [0.3, 0.4) is 0 Å². The molecule has 1 unspecified atom stereocenters. The molecular formula is C16H18BrNO. The van der Waals surface area contributed by atoms with Gasteiger partial charge in [0.15, 0.2) is 0 Å². The fraction of sp³-hybridized carbons (Fsp3) is 0.250. The predicted molar refractivity (Wildman–Crippen MR) is 82.6 cm³/mol. The highest BCUT2D eigenvalue weighted by molar-refractivity contribution is 9.10. The third kappa shape index (κ3) is 2.99. The van der Waals surface area contributed by atoms with Gasteiger partial charge in [-0.15, -0.1) is 0 Å². The van der Waals surface area contributed by atoms with Gasteiger partial charge in [0.25, 0.3) is 0 Å². The van der Waals surface area contributed by atoms with E-state index in [0.717, 1.165) is 21.3 Å².